The molecular formula is C10H15NO5S. The topological polar surface area (TPSA) is 107 Å². The first-order chi connectivity index (χ1) is 7.87. The van der Waals surface area contributed by atoms with Gasteiger partial charge in [-0.3, -0.25) is 0 Å². The fourth-order valence-corrected chi connectivity index (χ4v) is 1.18. The number of aromatic carboxylic acids is 1. The van der Waals surface area contributed by atoms with Gasteiger partial charge in [-0.05, 0) is 12.1 Å². The predicted octanol–water partition coefficient (Wildman–Crippen LogP) is 0.306. The first kappa shape index (κ1) is 15.6. The van der Waals surface area contributed by atoms with E-state index >= 15 is 0 Å². The highest BCUT2D eigenvalue weighted by atomic mass is 32.2. The van der Waals surface area contributed by atoms with Crippen LogP contribution in [0.5, 0.6) is 0 Å². The standard InChI is InChI=1S/C7H6O2.C3H9NO3S/c8-7(9)6-4-2-1-3-5-6;1-7-2-3-8(4,5)6/h1-5H,(H,8,9);2-3H2,1H3,(H2,4,5,6). The fraction of sp³-hybridized carbons (Fsp3) is 0.300. The molecular weight excluding hydrogens is 246 g/mol. The zero-order chi connectivity index (χ0) is 13.3. The van der Waals surface area contributed by atoms with Crippen LogP contribution in [0.3, 0.4) is 0 Å². The third-order valence-electron chi connectivity index (χ3n) is 1.59. The number of nitrogens with two attached hydrogens (primary N) is 1. The number of carboxylic acid groups (broad SMARTS) is 1. The summed E-state index contributed by atoms with van der Waals surface area (Å²) >= 11 is 0. The Morgan fingerprint density at radius 3 is 2.12 bits per heavy atom. The number of carbonyl (C=O) groups is 1. The second kappa shape index (κ2) is 7.77. The molecule has 0 aliphatic heterocycles. The van der Waals surface area contributed by atoms with Crippen molar-refractivity contribution in [1.82, 2.24) is 0 Å². The highest BCUT2D eigenvalue weighted by molar-refractivity contribution is 7.89. The van der Waals surface area contributed by atoms with E-state index in [1.807, 2.05) is 0 Å². The summed E-state index contributed by atoms with van der Waals surface area (Å²) in [7, 11) is -1.89. The number of primary sulfonamides is 1. The number of rotatable bonds is 4. The zero-order valence-corrected chi connectivity index (χ0v) is 10.2. The lowest BCUT2D eigenvalue weighted by Crippen LogP contribution is -2.19. The summed E-state index contributed by atoms with van der Waals surface area (Å²) < 4.78 is 24.6. The third-order valence-corrected chi connectivity index (χ3v) is 2.33. The van der Waals surface area contributed by atoms with Gasteiger partial charge in [-0.15, -0.1) is 0 Å². The van der Waals surface area contributed by atoms with E-state index in [-0.39, 0.29) is 12.4 Å². The van der Waals surface area contributed by atoms with Crippen molar-refractivity contribution < 1.29 is 23.1 Å². The fourth-order valence-electron chi connectivity index (χ4n) is 0.780. The lowest BCUT2D eigenvalue weighted by molar-refractivity contribution is 0.0697. The minimum absolute atomic E-state index is 0.108. The summed E-state index contributed by atoms with van der Waals surface area (Å²) in [5.41, 5.74) is 0.331. The molecule has 0 bridgehead atoms. The molecule has 0 unspecified atom stereocenters. The van der Waals surface area contributed by atoms with Gasteiger partial charge in [-0.1, -0.05) is 18.2 Å². The van der Waals surface area contributed by atoms with Gasteiger partial charge in [-0.2, -0.15) is 0 Å². The van der Waals surface area contributed by atoms with Gasteiger partial charge in [0, 0.05) is 7.11 Å². The Morgan fingerprint density at radius 2 is 1.88 bits per heavy atom. The van der Waals surface area contributed by atoms with E-state index in [1.54, 1.807) is 30.3 Å². The molecule has 96 valence electrons. The molecule has 0 atom stereocenters. The molecule has 0 amide bonds. The monoisotopic (exact) mass is 261 g/mol. The number of carboxylic acids is 1. The third kappa shape index (κ3) is 9.49. The van der Waals surface area contributed by atoms with E-state index in [4.69, 9.17) is 5.11 Å². The van der Waals surface area contributed by atoms with Gasteiger partial charge in [0.1, 0.15) is 0 Å². The molecule has 0 saturated carbocycles. The van der Waals surface area contributed by atoms with Crippen LogP contribution in [0.25, 0.3) is 0 Å². The van der Waals surface area contributed by atoms with Crippen molar-refractivity contribution in [1.29, 1.82) is 0 Å². The number of ether oxygens (including phenoxy) is 1. The quantitative estimate of drug-likeness (QED) is 0.811. The molecule has 1 aromatic carbocycles. The Hall–Kier alpha value is -1.44. The molecule has 0 fully saturated rings. The van der Waals surface area contributed by atoms with Crippen LogP contribution >= 0.6 is 0 Å². The summed E-state index contributed by atoms with van der Waals surface area (Å²) in [6.45, 7) is 0.166. The normalized spacial score (nSPS) is 10.2. The minimum atomic E-state index is -3.31. The summed E-state index contributed by atoms with van der Waals surface area (Å²) in [6.07, 6.45) is 0. The Labute approximate surface area is 100 Å². The maximum Gasteiger partial charge on any atom is 0.335 e. The molecule has 1 aromatic rings. The van der Waals surface area contributed by atoms with Crippen LogP contribution < -0.4 is 5.14 Å². The van der Waals surface area contributed by atoms with E-state index in [1.165, 1.54) is 7.11 Å². The van der Waals surface area contributed by atoms with Crippen LogP contribution in [0.15, 0.2) is 30.3 Å². The Morgan fingerprint density at radius 1 is 1.35 bits per heavy atom. The SMILES string of the molecule is COCCS(N)(=O)=O.O=C(O)c1ccccc1. The lowest BCUT2D eigenvalue weighted by atomic mass is 10.2. The van der Waals surface area contributed by atoms with Crippen molar-refractivity contribution in [3.63, 3.8) is 0 Å². The molecule has 0 radical (unpaired) electrons. The van der Waals surface area contributed by atoms with Gasteiger partial charge in [0.2, 0.25) is 10.0 Å². The summed E-state index contributed by atoms with van der Waals surface area (Å²) in [5.74, 6) is -0.987. The number of hydrogen-bond donors (Lipinski definition) is 2. The highest BCUT2D eigenvalue weighted by Gasteiger charge is 1.98. The number of hydrogen-bond acceptors (Lipinski definition) is 4. The van der Waals surface area contributed by atoms with Crippen LogP contribution in [0.2, 0.25) is 0 Å². The maximum absolute atomic E-state index is 10.2. The van der Waals surface area contributed by atoms with Crippen LogP contribution in [-0.4, -0.2) is 39.0 Å². The molecule has 3 N–H and O–H groups in total. The second-order valence-electron chi connectivity index (χ2n) is 3.03. The molecule has 0 heterocycles. The van der Waals surface area contributed by atoms with Crippen molar-refractivity contribution in [2.24, 2.45) is 5.14 Å². The highest BCUT2D eigenvalue weighted by Crippen LogP contribution is 1.96. The van der Waals surface area contributed by atoms with Crippen molar-refractivity contribution >= 4 is 16.0 Å². The van der Waals surface area contributed by atoms with Crippen molar-refractivity contribution in [2.75, 3.05) is 19.5 Å². The zero-order valence-electron chi connectivity index (χ0n) is 9.37. The molecule has 0 aliphatic carbocycles. The van der Waals surface area contributed by atoms with Crippen molar-refractivity contribution in [3.8, 4) is 0 Å². The van der Waals surface area contributed by atoms with E-state index in [9.17, 15) is 13.2 Å². The van der Waals surface area contributed by atoms with Gasteiger partial charge < -0.3 is 9.84 Å². The number of benzene rings is 1. The molecule has 0 spiro atoms. The van der Waals surface area contributed by atoms with Crippen LogP contribution in [0.1, 0.15) is 10.4 Å². The first-order valence-corrected chi connectivity index (χ1v) is 6.36. The predicted molar refractivity (Wildman–Crippen MR) is 63.3 cm³/mol. The summed E-state index contributed by atoms with van der Waals surface area (Å²) in [4.78, 5) is 10.2. The largest absolute Gasteiger partial charge is 0.478 e. The van der Waals surface area contributed by atoms with E-state index < -0.39 is 16.0 Å². The molecule has 17 heavy (non-hydrogen) atoms. The number of sulfonamides is 1. The summed E-state index contributed by atoms with van der Waals surface area (Å²) in [5, 5.41) is 13.0. The Kier molecular flexibility index (Phi) is 7.11. The lowest BCUT2D eigenvalue weighted by Gasteiger charge is -1.93. The summed E-state index contributed by atoms with van der Waals surface area (Å²) in [6, 6.07) is 8.30. The smallest absolute Gasteiger partial charge is 0.335 e. The molecule has 0 aliphatic rings. The molecule has 1 rings (SSSR count). The molecule has 0 saturated heterocycles. The Bertz CT molecular complexity index is 429. The van der Waals surface area contributed by atoms with Gasteiger partial charge in [0.05, 0.1) is 17.9 Å². The van der Waals surface area contributed by atoms with Crippen LogP contribution in [-0.2, 0) is 14.8 Å². The van der Waals surface area contributed by atoms with E-state index in [0.717, 1.165) is 0 Å². The molecule has 6 nitrogen and oxygen atoms in total. The van der Waals surface area contributed by atoms with Crippen molar-refractivity contribution in [2.45, 2.75) is 0 Å². The van der Waals surface area contributed by atoms with Crippen LogP contribution in [0.4, 0.5) is 0 Å². The van der Waals surface area contributed by atoms with E-state index in [0.29, 0.717) is 5.56 Å². The second-order valence-corrected chi connectivity index (χ2v) is 4.76. The van der Waals surface area contributed by atoms with Crippen molar-refractivity contribution in [3.05, 3.63) is 35.9 Å². The number of methoxy groups -OCH3 is 1. The van der Waals surface area contributed by atoms with Crippen LogP contribution in [0, 0.1) is 0 Å². The van der Waals surface area contributed by atoms with Gasteiger partial charge in [0.15, 0.2) is 0 Å². The molecule has 0 aromatic heterocycles. The first-order valence-electron chi connectivity index (χ1n) is 4.64. The van der Waals surface area contributed by atoms with Gasteiger partial charge in [-0.25, -0.2) is 18.4 Å². The van der Waals surface area contributed by atoms with Gasteiger partial charge in [0.25, 0.3) is 0 Å². The average Bonchev–Trinajstić information content (AvgIpc) is 2.27. The minimum Gasteiger partial charge on any atom is -0.478 e. The maximum atomic E-state index is 10.2. The Balaban J connectivity index is 0.000000304. The average molecular weight is 261 g/mol. The molecule has 7 heteroatoms. The van der Waals surface area contributed by atoms with E-state index in [2.05, 4.69) is 9.88 Å². The van der Waals surface area contributed by atoms with Gasteiger partial charge >= 0.3 is 5.97 Å².